The number of urea groups is 1. The van der Waals surface area contributed by atoms with E-state index in [4.69, 9.17) is 0 Å². The summed E-state index contributed by atoms with van der Waals surface area (Å²) in [5.74, 6) is 0. The summed E-state index contributed by atoms with van der Waals surface area (Å²) in [7, 11) is 0. The topological polar surface area (TPSA) is 61.4 Å². The maximum Gasteiger partial charge on any atom is 0.316 e. The molecule has 0 radical (unpaired) electrons. The maximum absolute atomic E-state index is 12.7. The first-order chi connectivity index (χ1) is 12.1. The van der Waals surface area contributed by atoms with E-state index in [0.29, 0.717) is 0 Å². The predicted octanol–water partition coefficient (Wildman–Crippen LogP) is 3.69. The number of rotatable bonds is 5. The summed E-state index contributed by atoms with van der Waals surface area (Å²) < 4.78 is 0. The standard InChI is InChI=1S/C21H26N2O2/c1-16-9-5-6-12-18(16)19(17-10-3-2-4-11-17)22-20(25)23-21(15-24)13-7-8-14-21/h2-6,9-12,19,24H,7-8,13-15H2,1H3,(H2,22,23,25)/t19-/m0/s1. The van der Waals surface area contributed by atoms with Crippen molar-refractivity contribution in [1.29, 1.82) is 0 Å². The molecule has 4 nitrogen and oxygen atoms in total. The normalized spacial score (nSPS) is 17.0. The molecule has 1 aliphatic rings. The summed E-state index contributed by atoms with van der Waals surface area (Å²) in [6.07, 6.45) is 3.75. The molecule has 2 aromatic carbocycles. The highest BCUT2D eigenvalue weighted by atomic mass is 16.3. The van der Waals surface area contributed by atoms with Gasteiger partial charge in [-0.25, -0.2) is 4.79 Å². The Balaban J connectivity index is 1.83. The van der Waals surface area contributed by atoms with Crippen molar-refractivity contribution in [2.75, 3.05) is 6.61 Å². The van der Waals surface area contributed by atoms with Crippen molar-refractivity contribution in [3.05, 3.63) is 71.3 Å². The van der Waals surface area contributed by atoms with E-state index < -0.39 is 5.54 Å². The van der Waals surface area contributed by atoms with Crippen molar-refractivity contribution in [3.8, 4) is 0 Å². The van der Waals surface area contributed by atoms with Gasteiger partial charge in [0, 0.05) is 0 Å². The fraction of sp³-hybridized carbons (Fsp3) is 0.381. The quantitative estimate of drug-likeness (QED) is 0.779. The van der Waals surface area contributed by atoms with Crippen LogP contribution in [0.5, 0.6) is 0 Å². The van der Waals surface area contributed by atoms with Crippen LogP contribution in [0.4, 0.5) is 4.79 Å². The minimum absolute atomic E-state index is 0.0131. The van der Waals surface area contributed by atoms with Crippen LogP contribution in [0.3, 0.4) is 0 Å². The Kier molecular flexibility index (Phi) is 5.39. The number of aliphatic hydroxyl groups is 1. The number of hydrogen-bond acceptors (Lipinski definition) is 2. The number of nitrogens with one attached hydrogen (secondary N) is 2. The first-order valence-electron chi connectivity index (χ1n) is 8.94. The third kappa shape index (κ3) is 4.02. The highest BCUT2D eigenvalue weighted by Crippen LogP contribution is 2.30. The van der Waals surface area contributed by atoms with Gasteiger partial charge in [-0.1, -0.05) is 67.4 Å². The third-order valence-electron chi connectivity index (χ3n) is 5.15. The van der Waals surface area contributed by atoms with Gasteiger partial charge in [-0.2, -0.15) is 0 Å². The molecule has 1 saturated carbocycles. The predicted molar refractivity (Wildman–Crippen MR) is 99.4 cm³/mol. The van der Waals surface area contributed by atoms with Gasteiger partial charge in [-0.15, -0.1) is 0 Å². The summed E-state index contributed by atoms with van der Waals surface area (Å²) in [6.45, 7) is 2.04. The van der Waals surface area contributed by atoms with E-state index in [0.717, 1.165) is 42.4 Å². The molecule has 3 N–H and O–H groups in total. The van der Waals surface area contributed by atoms with Crippen LogP contribution in [0.2, 0.25) is 0 Å². The Morgan fingerprint density at radius 2 is 1.72 bits per heavy atom. The minimum Gasteiger partial charge on any atom is -0.394 e. The van der Waals surface area contributed by atoms with Crippen molar-refractivity contribution in [3.63, 3.8) is 0 Å². The molecule has 2 amide bonds. The first kappa shape index (κ1) is 17.5. The molecule has 0 saturated heterocycles. The van der Waals surface area contributed by atoms with E-state index in [1.165, 1.54) is 0 Å². The van der Waals surface area contributed by atoms with Gasteiger partial charge in [0.2, 0.25) is 0 Å². The zero-order valence-corrected chi connectivity index (χ0v) is 14.7. The summed E-state index contributed by atoms with van der Waals surface area (Å²) in [5, 5.41) is 15.9. The molecule has 0 spiro atoms. The lowest BCUT2D eigenvalue weighted by Gasteiger charge is -2.30. The monoisotopic (exact) mass is 338 g/mol. The van der Waals surface area contributed by atoms with Crippen molar-refractivity contribution in [1.82, 2.24) is 10.6 Å². The van der Waals surface area contributed by atoms with Crippen LogP contribution in [0.25, 0.3) is 0 Å². The summed E-state index contributed by atoms with van der Waals surface area (Å²) in [5.41, 5.74) is 2.77. The van der Waals surface area contributed by atoms with Gasteiger partial charge in [0.25, 0.3) is 0 Å². The van der Waals surface area contributed by atoms with Crippen LogP contribution < -0.4 is 10.6 Å². The van der Waals surface area contributed by atoms with Crippen molar-refractivity contribution >= 4 is 6.03 Å². The molecule has 25 heavy (non-hydrogen) atoms. The Hall–Kier alpha value is -2.33. The number of hydrogen-bond donors (Lipinski definition) is 3. The highest BCUT2D eigenvalue weighted by molar-refractivity contribution is 5.76. The molecule has 0 unspecified atom stereocenters. The second kappa shape index (κ2) is 7.70. The molecule has 0 bridgehead atoms. The number of aliphatic hydroxyl groups excluding tert-OH is 1. The van der Waals surface area contributed by atoms with Crippen LogP contribution in [-0.2, 0) is 0 Å². The van der Waals surface area contributed by atoms with Crippen LogP contribution in [0, 0.1) is 6.92 Å². The third-order valence-corrected chi connectivity index (χ3v) is 5.15. The van der Waals surface area contributed by atoms with Gasteiger partial charge in [0.05, 0.1) is 18.2 Å². The SMILES string of the molecule is Cc1ccccc1[C@@H](NC(=O)NC1(CO)CCCC1)c1ccccc1. The van der Waals surface area contributed by atoms with Gasteiger partial charge in [-0.3, -0.25) is 0 Å². The molecule has 1 atom stereocenters. The van der Waals surface area contributed by atoms with Gasteiger partial charge >= 0.3 is 6.03 Å². The molecule has 1 fully saturated rings. The summed E-state index contributed by atoms with van der Waals surface area (Å²) >= 11 is 0. The lowest BCUT2D eigenvalue weighted by Crippen LogP contribution is -2.53. The number of carbonyl (C=O) groups excluding carboxylic acids is 1. The van der Waals surface area contributed by atoms with Crippen LogP contribution in [-0.4, -0.2) is 23.3 Å². The second-order valence-corrected chi connectivity index (χ2v) is 6.94. The lowest BCUT2D eigenvalue weighted by molar-refractivity contribution is 0.162. The molecular formula is C21H26N2O2. The zero-order valence-electron chi connectivity index (χ0n) is 14.7. The van der Waals surface area contributed by atoms with Gasteiger partial charge in [0.15, 0.2) is 0 Å². The molecule has 3 rings (SSSR count). The zero-order chi connectivity index (χ0) is 17.7. The minimum atomic E-state index is -0.475. The Morgan fingerprint density at radius 3 is 2.36 bits per heavy atom. The lowest BCUT2D eigenvalue weighted by atomic mass is 9.95. The largest absolute Gasteiger partial charge is 0.394 e. The smallest absolute Gasteiger partial charge is 0.316 e. The van der Waals surface area contributed by atoms with Crippen LogP contribution in [0.15, 0.2) is 54.6 Å². The molecule has 0 aliphatic heterocycles. The Labute approximate surface area is 149 Å². The molecule has 1 aliphatic carbocycles. The highest BCUT2D eigenvalue weighted by Gasteiger charge is 2.35. The summed E-state index contributed by atoms with van der Waals surface area (Å²) in [6, 6.07) is 17.6. The number of amides is 2. The number of benzene rings is 2. The van der Waals surface area contributed by atoms with Crippen molar-refractivity contribution in [2.45, 2.75) is 44.2 Å². The number of aryl methyl sites for hydroxylation is 1. The van der Waals surface area contributed by atoms with Crippen LogP contribution in [0.1, 0.15) is 48.4 Å². The van der Waals surface area contributed by atoms with E-state index in [1.54, 1.807) is 0 Å². The average Bonchev–Trinajstić information content (AvgIpc) is 3.10. The molecule has 2 aromatic rings. The molecule has 132 valence electrons. The summed E-state index contributed by atoms with van der Waals surface area (Å²) in [4.78, 5) is 12.7. The molecular weight excluding hydrogens is 312 g/mol. The van der Waals surface area contributed by atoms with Crippen molar-refractivity contribution in [2.24, 2.45) is 0 Å². The molecule has 0 aromatic heterocycles. The number of carbonyl (C=O) groups is 1. The molecule has 0 heterocycles. The maximum atomic E-state index is 12.7. The fourth-order valence-electron chi connectivity index (χ4n) is 3.68. The fourth-order valence-corrected chi connectivity index (χ4v) is 3.68. The van der Waals surface area contributed by atoms with Crippen molar-refractivity contribution < 1.29 is 9.90 Å². The second-order valence-electron chi connectivity index (χ2n) is 6.94. The van der Waals surface area contributed by atoms with Gasteiger partial charge in [0.1, 0.15) is 0 Å². The van der Waals surface area contributed by atoms with Gasteiger partial charge < -0.3 is 15.7 Å². The first-order valence-corrected chi connectivity index (χ1v) is 8.94. The van der Waals surface area contributed by atoms with E-state index in [9.17, 15) is 9.90 Å². The Morgan fingerprint density at radius 1 is 1.08 bits per heavy atom. The van der Waals surface area contributed by atoms with Crippen LogP contribution >= 0.6 is 0 Å². The van der Waals surface area contributed by atoms with E-state index in [-0.39, 0.29) is 18.7 Å². The van der Waals surface area contributed by atoms with E-state index in [1.807, 2.05) is 48.5 Å². The van der Waals surface area contributed by atoms with Gasteiger partial charge in [-0.05, 0) is 36.5 Å². The van der Waals surface area contributed by atoms with E-state index in [2.05, 4.69) is 23.6 Å². The van der Waals surface area contributed by atoms with E-state index >= 15 is 0 Å². The average molecular weight is 338 g/mol. The molecule has 4 heteroatoms. The Bertz CT molecular complexity index is 709.